The maximum absolute atomic E-state index is 14.5. The maximum atomic E-state index is 14.5. The molecule has 0 aliphatic rings. The number of benzene rings is 3. The summed E-state index contributed by atoms with van der Waals surface area (Å²) in [6.07, 6.45) is -4.65. The summed E-state index contributed by atoms with van der Waals surface area (Å²) in [5, 5.41) is 0. The average Bonchev–Trinajstić information content (AvgIpc) is 2.60. The second kappa shape index (κ2) is 7.31. The Morgan fingerprint density at radius 1 is 0.630 bits per heavy atom. The summed E-state index contributed by atoms with van der Waals surface area (Å²) >= 11 is 0. The first kappa shape index (κ1) is 18.8. The van der Waals surface area contributed by atoms with Gasteiger partial charge >= 0.3 is 6.18 Å². The SMILES string of the molecule is Fc1cc(-c2ccccc2)ccc1-c1cc(F)c(/C=C/C(F)(F)F)c(F)c1. The van der Waals surface area contributed by atoms with Crippen LogP contribution in [0.5, 0.6) is 0 Å². The van der Waals surface area contributed by atoms with Gasteiger partial charge in [-0.3, -0.25) is 0 Å². The number of alkyl halides is 3. The maximum Gasteiger partial charge on any atom is 0.409 e. The van der Waals surface area contributed by atoms with Gasteiger partial charge in [-0.1, -0.05) is 42.5 Å². The number of hydrogen-bond donors (Lipinski definition) is 0. The van der Waals surface area contributed by atoms with Gasteiger partial charge < -0.3 is 0 Å². The molecule has 0 fully saturated rings. The molecular weight excluding hydrogens is 366 g/mol. The molecule has 3 rings (SSSR count). The van der Waals surface area contributed by atoms with E-state index in [-0.39, 0.29) is 17.2 Å². The number of halogens is 6. The van der Waals surface area contributed by atoms with Crippen molar-refractivity contribution >= 4 is 6.08 Å². The van der Waals surface area contributed by atoms with E-state index in [1.165, 1.54) is 12.1 Å². The highest BCUT2D eigenvalue weighted by molar-refractivity contribution is 5.72. The summed E-state index contributed by atoms with van der Waals surface area (Å²) in [4.78, 5) is 0. The van der Waals surface area contributed by atoms with Crippen LogP contribution in [0, 0.1) is 17.5 Å². The van der Waals surface area contributed by atoms with Gasteiger partial charge in [-0.25, -0.2) is 13.2 Å². The predicted molar refractivity (Wildman–Crippen MR) is 92.3 cm³/mol. The lowest BCUT2D eigenvalue weighted by molar-refractivity contribution is -0.0790. The van der Waals surface area contributed by atoms with Gasteiger partial charge in [-0.15, -0.1) is 0 Å². The van der Waals surface area contributed by atoms with Crippen LogP contribution in [-0.2, 0) is 0 Å². The van der Waals surface area contributed by atoms with Gasteiger partial charge in [0.15, 0.2) is 0 Å². The summed E-state index contributed by atoms with van der Waals surface area (Å²) < 4.78 is 79.2. The van der Waals surface area contributed by atoms with Crippen LogP contribution in [0.3, 0.4) is 0 Å². The highest BCUT2D eigenvalue weighted by atomic mass is 19.4. The second-order valence-electron chi connectivity index (χ2n) is 5.79. The highest BCUT2D eigenvalue weighted by Crippen LogP contribution is 2.31. The van der Waals surface area contributed by atoms with Crippen LogP contribution in [0.25, 0.3) is 28.3 Å². The van der Waals surface area contributed by atoms with Crippen molar-refractivity contribution in [1.29, 1.82) is 0 Å². The van der Waals surface area contributed by atoms with Crippen molar-refractivity contribution in [3.8, 4) is 22.3 Å². The van der Waals surface area contributed by atoms with Crippen molar-refractivity contribution in [3.05, 3.63) is 89.8 Å². The molecule has 3 aromatic carbocycles. The fourth-order valence-electron chi connectivity index (χ4n) is 2.64. The van der Waals surface area contributed by atoms with Gasteiger partial charge in [0.05, 0.1) is 0 Å². The molecule has 0 N–H and O–H groups in total. The van der Waals surface area contributed by atoms with E-state index in [9.17, 15) is 26.3 Å². The normalized spacial score (nSPS) is 11.9. The molecule has 138 valence electrons. The van der Waals surface area contributed by atoms with Crippen LogP contribution in [0.4, 0.5) is 26.3 Å². The van der Waals surface area contributed by atoms with Crippen molar-refractivity contribution in [2.75, 3.05) is 0 Å². The largest absolute Gasteiger partial charge is 0.409 e. The molecule has 0 radical (unpaired) electrons. The quantitative estimate of drug-likeness (QED) is 0.430. The molecule has 0 heterocycles. The van der Waals surface area contributed by atoms with Gasteiger partial charge in [-0.2, -0.15) is 13.2 Å². The minimum atomic E-state index is -4.70. The lowest BCUT2D eigenvalue weighted by Gasteiger charge is -2.09. The van der Waals surface area contributed by atoms with E-state index in [0.29, 0.717) is 11.6 Å². The predicted octanol–water partition coefficient (Wildman–Crippen LogP) is 7.01. The van der Waals surface area contributed by atoms with Crippen LogP contribution in [0.15, 0.2) is 66.7 Å². The standard InChI is InChI=1S/C21H12F6/c22-18-10-14(13-4-2-1-3-5-13)6-7-16(18)15-11-19(23)17(20(24)12-15)8-9-21(25,26)27/h1-12H/b9-8+. The van der Waals surface area contributed by atoms with Crippen molar-refractivity contribution in [3.63, 3.8) is 0 Å². The molecule has 0 aromatic heterocycles. The number of rotatable bonds is 3. The fourth-order valence-corrected chi connectivity index (χ4v) is 2.64. The first-order chi connectivity index (χ1) is 12.7. The molecule has 0 atom stereocenters. The zero-order valence-corrected chi connectivity index (χ0v) is 13.7. The zero-order chi connectivity index (χ0) is 19.6. The minimum absolute atomic E-state index is 0.0566. The Hall–Kier alpha value is -3.02. The summed E-state index contributed by atoms with van der Waals surface area (Å²) in [6.45, 7) is 0. The third kappa shape index (κ3) is 4.39. The molecule has 0 unspecified atom stereocenters. The number of hydrogen-bond acceptors (Lipinski definition) is 0. The highest BCUT2D eigenvalue weighted by Gasteiger charge is 2.23. The van der Waals surface area contributed by atoms with Crippen LogP contribution < -0.4 is 0 Å². The van der Waals surface area contributed by atoms with E-state index >= 15 is 0 Å². The van der Waals surface area contributed by atoms with Crippen molar-refractivity contribution < 1.29 is 26.3 Å². The monoisotopic (exact) mass is 378 g/mol. The van der Waals surface area contributed by atoms with E-state index in [2.05, 4.69) is 0 Å². The van der Waals surface area contributed by atoms with Crippen LogP contribution in [0.1, 0.15) is 5.56 Å². The Bertz CT molecular complexity index is 964. The minimum Gasteiger partial charge on any atom is -0.206 e. The molecule has 0 amide bonds. The summed E-state index contributed by atoms with van der Waals surface area (Å²) in [7, 11) is 0. The molecule has 0 aliphatic carbocycles. The zero-order valence-electron chi connectivity index (χ0n) is 13.7. The van der Waals surface area contributed by atoms with Gasteiger partial charge in [0, 0.05) is 17.2 Å². The molecule has 0 saturated carbocycles. The molecule has 27 heavy (non-hydrogen) atoms. The molecule has 0 spiro atoms. The van der Waals surface area contributed by atoms with Crippen LogP contribution in [0.2, 0.25) is 0 Å². The van der Waals surface area contributed by atoms with Gasteiger partial charge in [0.1, 0.15) is 17.5 Å². The number of allylic oxidation sites excluding steroid dienone is 1. The topological polar surface area (TPSA) is 0 Å². The van der Waals surface area contributed by atoms with E-state index in [1.807, 2.05) is 6.07 Å². The lowest BCUT2D eigenvalue weighted by atomic mass is 9.98. The van der Waals surface area contributed by atoms with Gasteiger partial charge in [0.25, 0.3) is 0 Å². The molecule has 6 heteroatoms. The van der Waals surface area contributed by atoms with E-state index in [4.69, 9.17) is 0 Å². The first-order valence-electron chi connectivity index (χ1n) is 7.85. The molecule has 3 aromatic rings. The van der Waals surface area contributed by atoms with Gasteiger partial charge in [0.2, 0.25) is 0 Å². The summed E-state index contributed by atoms with van der Waals surface area (Å²) in [5.74, 6) is -3.12. The lowest BCUT2D eigenvalue weighted by Crippen LogP contribution is -2.01. The Balaban J connectivity index is 1.99. The van der Waals surface area contributed by atoms with Crippen molar-refractivity contribution in [2.45, 2.75) is 6.18 Å². The molecule has 0 aliphatic heterocycles. The third-order valence-electron chi connectivity index (χ3n) is 3.91. The molecule has 0 nitrogen and oxygen atoms in total. The second-order valence-corrected chi connectivity index (χ2v) is 5.79. The summed E-state index contributed by atoms with van der Waals surface area (Å²) in [6, 6.07) is 14.8. The third-order valence-corrected chi connectivity index (χ3v) is 3.91. The van der Waals surface area contributed by atoms with Crippen molar-refractivity contribution in [1.82, 2.24) is 0 Å². The smallest absolute Gasteiger partial charge is 0.206 e. The Morgan fingerprint density at radius 3 is 1.78 bits per heavy atom. The Labute approximate surface area is 151 Å². The van der Waals surface area contributed by atoms with E-state index < -0.39 is 29.2 Å². The Kier molecular flexibility index (Phi) is 5.08. The molecule has 0 saturated heterocycles. The molecule has 0 bridgehead atoms. The average molecular weight is 378 g/mol. The Morgan fingerprint density at radius 2 is 1.22 bits per heavy atom. The van der Waals surface area contributed by atoms with Crippen molar-refractivity contribution in [2.24, 2.45) is 0 Å². The first-order valence-corrected chi connectivity index (χ1v) is 7.85. The molecular formula is C21H12F6. The summed E-state index contributed by atoms with van der Waals surface area (Å²) in [5.41, 5.74) is 0.359. The fraction of sp³-hybridized carbons (Fsp3) is 0.0476. The van der Waals surface area contributed by atoms with Crippen LogP contribution >= 0.6 is 0 Å². The van der Waals surface area contributed by atoms with Gasteiger partial charge in [-0.05, 0) is 41.0 Å². The van der Waals surface area contributed by atoms with E-state index in [1.54, 1.807) is 30.3 Å². The van der Waals surface area contributed by atoms with E-state index in [0.717, 1.165) is 17.7 Å². The van der Waals surface area contributed by atoms with Crippen LogP contribution in [-0.4, -0.2) is 6.18 Å².